The van der Waals surface area contributed by atoms with Crippen LogP contribution < -0.4 is 15.0 Å². The summed E-state index contributed by atoms with van der Waals surface area (Å²) in [6.07, 6.45) is 2.54. The van der Waals surface area contributed by atoms with Gasteiger partial charge in [0, 0.05) is 25.4 Å². The summed E-state index contributed by atoms with van der Waals surface area (Å²) in [6, 6.07) is 1.85. The Labute approximate surface area is 109 Å². The summed E-state index contributed by atoms with van der Waals surface area (Å²) in [5.74, 6) is 2.06. The fourth-order valence-electron chi connectivity index (χ4n) is 2.35. The molecular formula is C13H22N4O. The number of aromatic nitrogens is 2. The van der Waals surface area contributed by atoms with E-state index in [1.807, 2.05) is 20.0 Å². The molecule has 1 N–H and O–H groups in total. The van der Waals surface area contributed by atoms with Crippen molar-refractivity contribution in [2.45, 2.75) is 19.8 Å². The molecule has 5 heteroatoms. The molecule has 1 aromatic rings. The minimum absolute atomic E-state index is 0.631. The van der Waals surface area contributed by atoms with Gasteiger partial charge in [0.25, 0.3) is 0 Å². The summed E-state index contributed by atoms with van der Waals surface area (Å²) in [5.41, 5.74) is 0.936. The summed E-state index contributed by atoms with van der Waals surface area (Å²) >= 11 is 0. The van der Waals surface area contributed by atoms with Gasteiger partial charge in [0.05, 0.1) is 7.11 Å². The highest BCUT2D eigenvalue weighted by molar-refractivity contribution is 5.33. The number of rotatable bonds is 4. The lowest BCUT2D eigenvalue weighted by Gasteiger charge is -2.27. The van der Waals surface area contributed by atoms with Crippen molar-refractivity contribution in [3.8, 4) is 5.88 Å². The predicted molar refractivity (Wildman–Crippen MR) is 72.2 cm³/mol. The second kappa shape index (κ2) is 6.00. The van der Waals surface area contributed by atoms with Crippen LogP contribution in [-0.2, 0) is 0 Å². The molecule has 0 radical (unpaired) electrons. The summed E-state index contributed by atoms with van der Waals surface area (Å²) < 4.78 is 5.19. The van der Waals surface area contributed by atoms with Gasteiger partial charge in [0.15, 0.2) is 0 Å². The van der Waals surface area contributed by atoms with E-state index in [0.29, 0.717) is 11.8 Å². The van der Waals surface area contributed by atoms with Crippen LogP contribution in [0.2, 0.25) is 0 Å². The van der Waals surface area contributed by atoms with Crippen LogP contribution in [0.1, 0.15) is 18.5 Å². The molecule has 1 aromatic heterocycles. The molecule has 1 aliphatic rings. The van der Waals surface area contributed by atoms with Crippen molar-refractivity contribution < 1.29 is 4.74 Å². The Morgan fingerprint density at radius 2 is 2.33 bits per heavy atom. The molecule has 0 saturated carbocycles. The zero-order valence-corrected chi connectivity index (χ0v) is 11.4. The van der Waals surface area contributed by atoms with Crippen molar-refractivity contribution in [2.24, 2.45) is 5.92 Å². The van der Waals surface area contributed by atoms with Crippen molar-refractivity contribution in [3.63, 3.8) is 0 Å². The number of hydrogen-bond acceptors (Lipinski definition) is 5. The number of aryl methyl sites for hydroxylation is 1. The summed E-state index contributed by atoms with van der Waals surface area (Å²) in [6.45, 7) is 5.19. The minimum atomic E-state index is 0.631. The Morgan fingerprint density at radius 3 is 3.00 bits per heavy atom. The van der Waals surface area contributed by atoms with Gasteiger partial charge < -0.3 is 15.0 Å². The highest BCUT2D eigenvalue weighted by Gasteiger charge is 2.17. The van der Waals surface area contributed by atoms with Gasteiger partial charge in [0.2, 0.25) is 11.8 Å². The Morgan fingerprint density at radius 1 is 1.50 bits per heavy atom. The van der Waals surface area contributed by atoms with Gasteiger partial charge in [0.1, 0.15) is 0 Å². The molecule has 5 nitrogen and oxygen atoms in total. The van der Waals surface area contributed by atoms with Crippen LogP contribution in [-0.4, -0.2) is 43.8 Å². The van der Waals surface area contributed by atoms with Gasteiger partial charge in [-0.1, -0.05) is 0 Å². The number of hydrogen-bond donors (Lipinski definition) is 1. The molecule has 18 heavy (non-hydrogen) atoms. The van der Waals surface area contributed by atoms with Crippen LogP contribution in [0, 0.1) is 12.8 Å². The van der Waals surface area contributed by atoms with Gasteiger partial charge in [-0.15, -0.1) is 0 Å². The first-order valence-corrected chi connectivity index (χ1v) is 6.50. The summed E-state index contributed by atoms with van der Waals surface area (Å²) in [5, 5.41) is 3.43. The Hall–Kier alpha value is -1.36. The van der Waals surface area contributed by atoms with Crippen LogP contribution >= 0.6 is 0 Å². The number of nitrogens with one attached hydrogen (secondary N) is 1. The second-order valence-electron chi connectivity index (χ2n) is 4.94. The average molecular weight is 250 g/mol. The molecule has 2 heterocycles. The van der Waals surface area contributed by atoms with Gasteiger partial charge in [-0.05, 0) is 38.8 Å². The quantitative estimate of drug-likeness (QED) is 0.871. The normalized spacial score (nSPS) is 19.6. The third kappa shape index (κ3) is 3.32. The van der Waals surface area contributed by atoms with E-state index in [9.17, 15) is 0 Å². The fourth-order valence-corrected chi connectivity index (χ4v) is 2.35. The van der Waals surface area contributed by atoms with E-state index in [0.717, 1.165) is 31.3 Å². The maximum absolute atomic E-state index is 5.19. The van der Waals surface area contributed by atoms with Gasteiger partial charge in [-0.3, -0.25) is 0 Å². The maximum Gasteiger partial charge on any atom is 0.228 e. The number of ether oxygens (including phenoxy) is 1. The molecule has 100 valence electrons. The average Bonchev–Trinajstić information content (AvgIpc) is 2.39. The Bertz CT molecular complexity index is 391. The molecule has 1 atom stereocenters. The number of anilines is 1. The molecule has 0 spiro atoms. The second-order valence-corrected chi connectivity index (χ2v) is 4.94. The standard InChI is InChI=1S/C13H22N4O/c1-10-7-12(18-3)16-13(15-10)17(2)9-11-5-4-6-14-8-11/h7,11,14H,4-6,8-9H2,1-3H3. The molecule has 1 saturated heterocycles. The van der Waals surface area contributed by atoms with Crippen LogP contribution in [0.3, 0.4) is 0 Å². The summed E-state index contributed by atoms with van der Waals surface area (Å²) in [7, 11) is 3.68. The lowest BCUT2D eigenvalue weighted by molar-refractivity contribution is 0.377. The van der Waals surface area contributed by atoms with Crippen molar-refractivity contribution in [1.29, 1.82) is 0 Å². The largest absolute Gasteiger partial charge is 0.481 e. The maximum atomic E-state index is 5.19. The number of nitrogens with zero attached hydrogens (tertiary/aromatic N) is 3. The molecule has 1 aliphatic heterocycles. The Balaban J connectivity index is 2.02. The third-order valence-corrected chi connectivity index (χ3v) is 3.30. The van der Waals surface area contributed by atoms with Crippen LogP contribution in [0.5, 0.6) is 5.88 Å². The van der Waals surface area contributed by atoms with Crippen molar-refractivity contribution in [1.82, 2.24) is 15.3 Å². The molecule has 0 aliphatic carbocycles. The predicted octanol–water partition coefficient (Wildman–Crippen LogP) is 1.23. The highest BCUT2D eigenvalue weighted by Crippen LogP contribution is 2.17. The van der Waals surface area contributed by atoms with Crippen LogP contribution in [0.15, 0.2) is 6.07 Å². The number of piperidine rings is 1. The zero-order chi connectivity index (χ0) is 13.0. The first kappa shape index (κ1) is 13.1. The van der Waals surface area contributed by atoms with E-state index in [1.165, 1.54) is 12.8 Å². The molecule has 0 amide bonds. The Kier molecular flexibility index (Phi) is 4.36. The molecule has 0 bridgehead atoms. The smallest absolute Gasteiger partial charge is 0.228 e. The van der Waals surface area contributed by atoms with Crippen molar-refractivity contribution in [2.75, 3.05) is 38.7 Å². The molecule has 1 unspecified atom stereocenters. The topological polar surface area (TPSA) is 50.3 Å². The van der Waals surface area contributed by atoms with Gasteiger partial charge >= 0.3 is 0 Å². The van der Waals surface area contributed by atoms with Crippen molar-refractivity contribution in [3.05, 3.63) is 11.8 Å². The first-order valence-electron chi connectivity index (χ1n) is 6.50. The fraction of sp³-hybridized carbons (Fsp3) is 0.692. The summed E-state index contributed by atoms with van der Waals surface area (Å²) in [4.78, 5) is 11.0. The SMILES string of the molecule is COc1cc(C)nc(N(C)CC2CCCNC2)n1. The lowest BCUT2D eigenvalue weighted by atomic mass is 9.99. The van der Waals surface area contributed by atoms with E-state index in [2.05, 4.69) is 20.2 Å². The van der Waals surface area contributed by atoms with Crippen LogP contribution in [0.25, 0.3) is 0 Å². The molecule has 0 aromatic carbocycles. The van der Waals surface area contributed by atoms with E-state index < -0.39 is 0 Å². The van der Waals surface area contributed by atoms with Gasteiger partial charge in [-0.25, -0.2) is 4.98 Å². The van der Waals surface area contributed by atoms with E-state index in [1.54, 1.807) is 7.11 Å². The van der Waals surface area contributed by atoms with E-state index in [-0.39, 0.29) is 0 Å². The zero-order valence-electron chi connectivity index (χ0n) is 11.4. The third-order valence-electron chi connectivity index (χ3n) is 3.30. The monoisotopic (exact) mass is 250 g/mol. The van der Waals surface area contributed by atoms with E-state index in [4.69, 9.17) is 4.74 Å². The highest BCUT2D eigenvalue weighted by atomic mass is 16.5. The molecular weight excluding hydrogens is 228 g/mol. The van der Waals surface area contributed by atoms with Crippen molar-refractivity contribution >= 4 is 5.95 Å². The molecule has 2 rings (SSSR count). The van der Waals surface area contributed by atoms with E-state index >= 15 is 0 Å². The first-order chi connectivity index (χ1) is 8.69. The van der Waals surface area contributed by atoms with Crippen LogP contribution in [0.4, 0.5) is 5.95 Å². The number of methoxy groups -OCH3 is 1. The lowest BCUT2D eigenvalue weighted by Crippen LogP contribution is -2.37. The molecule has 1 fully saturated rings. The van der Waals surface area contributed by atoms with Gasteiger partial charge in [-0.2, -0.15) is 4.98 Å². The minimum Gasteiger partial charge on any atom is -0.481 e.